The van der Waals surface area contributed by atoms with E-state index >= 15 is 0 Å². The van der Waals surface area contributed by atoms with Gasteiger partial charge in [-0.25, -0.2) is 0 Å². The number of amides is 1. The van der Waals surface area contributed by atoms with E-state index in [9.17, 15) is 35.1 Å². The van der Waals surface area contributed by atoms with Crippen molar-refractivity contribution in [2.75, 3.05) is 13.2 Å². The van der Waals surface area contributed by atoms with Crippen LogP contribution in [-0.4, -0.2) is 99.6 Å². The maximum absolute atomic E-state index is 13.5. The molecule has 79 heavy (non-hydrogen) atoms. The van der Waals surface area contributed by atoms with Gasteiger partial charge >= 0.3 is 5.97 Å². The number of unbranched alkanes of at least 4 members (excludes halogenated alkanes) is 31. The summed E-state index contributed by atoms with van der Waals surface area (Å²) in [7, 11) is 0. The molecule has 1 rings (SSSR count). The lowest BCUT2D eigenvalue weighted by Gasteiger charge is -2.41. The maximum Gasteiger partial charge on any atom is 0.306 e. The molecule has 11 nitrogen and oxygen atoms in total. The van der Waals surface area contributed by atoms with E-state index in [-0.39, 0.29) is 19.4 Å². The monoisotopic (exact) mass is 1110 g/mol. The largest absolute Gasteiger partial charge is 0.454 e. The Bertz CT molecular complexity index is 1610. The number of nitrogens with one attached hydrogen (secondary N) is 1. The van der Waals surface area contributed by atoms with E-state index in [1.165, 1.54) is 154 Å². The first-order valence-electron chi connectivity index (χ1n) is 32.4. The SMILES string of the molecule is CC/C=C/C=C/C=C\C=C/CCCCCC(=O)OC1C(OCC(NC(=O)C(O)CCCCCCCCCCCCCCCC/C=C\C/C=C\CCCCC)C(O)/C=C/CCCCCCCCCCCCC)OC(CO)C(O)C1O. The van der Waals surface area contributed by atoms with Crippen LogP contribution in [-0.2, 0) is 23.8 Å². The summed E-state index contributed by atoms with van der Waals surface area (Å²) < 4.78 is 17.6. The lowest BCUT2D eigenvalue weighted by molar-refractivity contribution is -0.305. The predicted molar refractivity (Wildman–Crippen MR) is 329 cm³/mol. The summed E-state index contributed by atoms with van der Waals surface area (Å²) >= 11 is 0. The van der Waals surface area contributed by atoms with E-state index < -0.39 is 67.4 Å². The number of aliphatic hydroxyl groups excluding tert-OH is 5. The van der Waals surface area contributed by atoms with Crippen LogP contribution in [0.15, 0.2) is 85.1 Å². The third-order valence-electron chi connectivity index (χ3n) is 14.9. The fraction of sp³-hybridized carbons (Fsp3) is 0.765. The third-order valence-corrected chi connectivity index (χ3v) is 14.9. The first-order valence-corrected chi connectivity index (χ1v) is 32.4. The molecule has 0 bridgehead atoms. The van der Waals surface area contributed by atoms with Gasteiger partial charge in [-0.15, -0.1) is 0 Å². The topological polar surface area (TPSA) is 175 Å². The molecule has 456 valence electrons. The van der Waals surface area contributed by atoms with Crippen molar-refractivity contribution in [3.05, 3.63) is 85.1 Å². The quantitative estimate of drug-likeness (QED) is 0.0149. The molecule has 0 aromatic carbocycles. The minimum absolute atomic E-state index is 0.0751. The minimum Gasteiger partial charge on any atom is -0.454 e. The molecule has 8 atom stereocenters. The fourth-order valence-electron chi connectivity index (χ4n) is 9.75. The number of carbonyl (C=O) groups excluding carboxylic acids is 2. The Morgan fingerprint density at radius 3 is 1.49 bits per heavy atom. The van der Waals surface area contributed by atoms with Crippen LogP contribution in [0.1, 0.15) is 271 Å². The van der Waals surface area contributed by atoms with Gasteiger partial charge in [0.2, 0.25) is 5.91 Å². The van der Waals surface area contributed by atoms with Crippen LogP contribution >= 0.6 is 0 Å². The summed E-state index contributed by atoms with van der Waals surface area (Å²) in [6, 6.07) is -1.04. The van der Waals surface area contributed by atoms with Crippen molar-refractivity contribution in [3.8, 4) is 0 Å². The number of hydrogen-bond donors (Lipinski definition) is 6. The van der Waals surface area contributed by atoms with Crippen LogP contribution in [0.4, 0.5) is 0 Å². The summed E-state index contributed by atoms with van der Waals surface area (Å²) in [6.45, 7) is 5.61. The van der Waals surface area contributed by atoms with Crippen LogP contribution < -0.4 is 5.32 Å². The van der Waals surface area contributed by atoms with Crippen LogP contribution in [0.5, 0.6) is 0 Å². The van der Waals surface area contributed by atoms with Gasteiger partial charge in [0.05, 0.1) is 25.4 Å². The Morgan fingerprint density at radius 1 is 0.519 bits per heavy atom. The second-order valence-corrected chi connectivity index (χ2v) is 22.2. The van der Waals surface area contributed by atoms with E-state index in [0.29, 0.717) is 12.8 Å². The zero-order valence-corrected chi connectivity index (χ0v) is 50.5. The van der Waals surface area contributed by atoms with Crippen LogP contribution in [0.25, 0.3) is 0 Å². The van der Waals surface area contributed by atoms with Gasteiger partial charge in [0.1, 0.15) is 24.4 Å². The molecule has 0 aliphatic carbocycles. The number of carbonyl (C=O) groups is 2. The van der Waals surface area contributed by atoms with Gasteiger partial charge in [-0.1, -0.05) is 273 Å². The highest BCUT2D eigenvalue weighted by Crippen LogP contribution is 2.26. The molecule has 11 heteroatoms. The van der Waals surface area contributed by atoms with Crippen molar-refractivity contribution in [1.82, 2.24) is 5.32 Å². The van der Waals surface area contributed by atoms with Gasteiger partial charge in [0.25, 0.3) is 0 Å². The highest BCUT2D eigenvalue weighted by molar-refractivity contribution is 5.80. The summed E-state index contributed by atoms with van der Waals surface area (Å²) in [5.74, 6) is -1.24. The van der Waals surface area contributed by atoms with Gasteiger partial charge in [-0.3, -0.25) is 9.59 Å². The average Bonchev–Trinajstić information content (AvgIpc) is 3.49. The molecule has 1 aliphatic heterocycles. The molecular formula is C68H119NO10. The van der Waals surface area contributed by atoms with Crippen molar-refractivity contribution in [2.45, 2.75) is 320 Å². The lowest BCUT2D eigenvalue weighted by Crippen LogP contribution is -2.61. The van der Waals surface area contributed by atoms with Gasteiger partial charge in [-0.05, 0) is 77.0 Å². The molecule has 0 aromatic heterocycles. The average molecular weight is 1110 g/mol. The third kappa shape index (κ3) is 43.2. The van der Waals surface area contributed by atoms with Gasteiger partial charge < -0.3 is 45.1 Å². The predicted octanol–water partition coefficient (Wildman–Crippen LogP) is 15.7. The van der Waals surface area contributed by atoms with Crippen molar-refractivity contribution < 1.29 is 49.3 Å². The first-order chi connectivity index (χ1) is 38.7. The van der Waals surface area contributed by atoms with Crippen molar-refractivity contribution in [1.29, 1.82) is 0 Å². The molecule has 0 radical (unpaired) electrons. The van der Waals surface area contributed by atoms with Crippen LogP contribution in [0.2, 0.25) is 0 Å². The van der Waals surface area contributed by atoms with E-state index in [1.807, 2.05) is 42.5 Å². The molecule has 1 saturated heterocycles. The van der Waals surface area contributed by atoms with Crippen LogP contribution in [0, 0.1) is 0 Å². The normalized spacial score (nSPS) is 19.4. The smallest absolute Gasteiger partial charge is 0.306 e. The second-order valence-electron chi connectivity index (χ2n) is 22.2. The van der Waals surface area contributed by atoms with E-state index in [2.05, 4.69) is 62.5 Å². The molecule has 1 fully saturated rings. The molecular weight excluding hydrogens is 991 g/mol. The summed E-state index contributed by atoms with van der Waals surface area (Å²) in [5.41, 5.74) is 0. The van der Waals surface area contributed by atoms with Crippen molar-refractivity contribution in [2.24, 2.45) is 0 Å². The van der Waals surface area contributed by atoms with Gasteiger partial charge in [-0.2, -0.15) is 0 Å². The van der Waals surface area contributed by atoms with Crippen molar-refractivity contribution in [3.63, 3.8) is 0 Å². The highest BCUT2D eigenvalue weighted by atomic mass is 16.7. The molecule has 0 saturated carbocycles. The second kappa shape index (κ2) is 55.4. The lowest BCUT2D eigenvalue weighted by atomic mass is 9.99. The Hall–Kier alpha value is -3.16. The van der Waals surface area contributed by atoms with Crippen LogP contribution in [0.3, 0.4) is 0 Å². The molecule has 1 aliphatic rings. The number of allylic oxidation sites excluding steroid dienone is 13. The minimum atomic E-state index is -1.63. The maximum atomic E-state index is 13.5. The van der Waals surface area contributed by atoms with Gasteiger partial charge in [0, 0.05) is 6.42 Å². The standard InChI is InChI=1S/C68H119NO10/c1-4-7-10-13-16-19-22-25-26-27-28-29-30-31-32-33-34-35-38-40-43-46-49-52-55-61(72)67(76)69-59(60(71)54-51-48-45-42-39-36-23-20-17-14-11-8-5-2)58-77-68-66(65(75)64(74)62(57-70)78-68)79-63(73)56-53-50-47-44-41-37-24-21-18-15-12-9-6-3/h9,12,15-16,18-19,21,24-26,37,41,51,54,59-62,64-66,68,70-72,74-75H,4-8,10-11,13-14,17,20,22-23,27-36,38-40,42-50,52-53,55-58H2,1-3H3,(H,69,76)/b12-9+,18-15+,19-16-,24-21-,26-25-,41-37-,54-51+. The first kappa shape index (κ1) is 73.9. The number of hydrogen-bond acceptors (Lipinski definition) is 10. The Morgan fingerprint density at radius 2 is 0.962 bits per heavy atom. The molecule has 8 unspecified atom stereocenters. The summed E-state index contributed by atoms with van der Waals surface area (Å²) in [5, 5.41) is 57.0. The highest BCUT2D eigenvalue weighted by Gasteiger charge is 2.47. The van der Waals surface area contributed by atoms with E-state index in [1.54, 1.807) is 6.08 Å². The van der Waals surface area contributed by atoms with Gasteiger partial charge in [0.15, 0.2) is 12.4 Å². The molecule has 0 aromatic rings. The molecule has 1 heterocycles. The van der Waals surface area contributed by atoms with E-state index in [4.69, 9.17) is 14.2 Å². The molecule has 0 spiro atoms. The van der Waals surface area contributed by atoms with E-state index in [0.717, 1.165) is 70.6 Å². The zero-order valence-electron chi connectivity index (χ0n) is 50.5. The summed E-state index contributed by atoms with van der Waals surface area (Å²) in [4.78, 5) is 26.5. The number of rotatable bonds is 54. The number of ether oxygens (including phenoxy) is 3. The Labute approximate surface area is 483 Å². The molecule has 6 N–H and O–H groups in total. The number of esters is 1. The zero-order chi connectivity index (χ0) is 57.5. The fourth-order valence-corrected chi connectivity index (χ4v) is 9.75. The van der Waals surface area contributed by atoms with Crippen molar-refractivity contribution >= 4 is 11.9 Å². The Balaban J connectivity index is 2.63. The number of aliphatic hydroxyl groups is 5. The Kier molecular flexibility index (Phi) is 51.8. The summed E-state index contributed by atoms with van der Waals surface area (Å²) in [6.07, 6.45) is 62.0. The molecule has 1 amide bonds.